The van der Waals surface area contributed by atoms with Crippen LogP contribution >= 0.6 is 0 Å². The molecule has 1 N–H and O–H groups in total. The highest BCUT2D eigenvalue weighted by atomic mass is 15.0. The summed E-state index contributed by atoms with van der Waals surface area (Å²) in [6, 6.07) is 7.35. The summed E-state index contributed by atoms with van der Waals surface area (Å²) >= 11 is 0. The first-order valence-corrected chi connectivity index (χ1v) is 6.50. The van der Waals surface area contributed by atoms with Crippen molar-refractivity contribution in [1.29, 1.82) is 0 Å². The Labute approximate surface area is 99.3 Å². The predicted molar refractivity (Wildman–Crippen MR) is 69.6 cm³/mol. The second kappa shape index (κ2) is 5.01. The quantitative estimate of drug-likeness (QED) is 0.795. The minimum absolute atomic E-state index is 0.791. The topological polar surface area (TPSA) is 12.0 Å². The number of hydrogen-bond acceptors (Lipinski definition) is 1. The normalized spacial score (nSPS) is 23.4. The molecular formula is C15H23N. The molecule has 1 saturated carbocycles. The average Bonchev–Trinajstić information content (AvgIpc) is 2.97. The maximum absolute atomic E-state index is 3.69. The fraction of sp³-hybridized carbons (Fsp3) is 0.600. The molecular weight excluding hydrogens is 194 g/mol. The molecule has 1 fully saturated rings. The van der Waals surface area contributed by atoms with Crippen molar-refractivity contribution in [3.05, 3.63) is 34.9 Å². The lowest BCUT2D eigenvalue weighted by molar-refractivity contribution is 0.597. The van der Waals surface area contributed by atoms with Crippen molar-refractivity contribution in [2.24, 2.45) is 5.92 Å². The van der Waals surface area contributed by atoms with Crippen molar-refractivity contribution in [3.8, 4) is 0 Å². The van der Waals surface area contributed by atoms with Crippen molar-refractivity contribution >= 4 is 0 Å². The summed E-state index contributed by atoms with van der Waals surface area (Å²) in [5.41, 5.74) is 4.32. The van der Waals surface area contributed by atoms with E-state index in [1.165, 1.54) is 36.0 Å². The minimum Gasteiger partial charge on any atom is -0.310 e. The molecule has 1 aromatic rings. The molecule has 1 aliphatic carbocycles. The van der Waals surface area contributed by atoms with E-state index in [0.29, 0.717) is 0 Å². The molecule has 88 valence electrons. The summed E-state index contributed by atoms with van der Waals surface area (Å²) in [4.78, 5) is 0. The molecule has 0 aliphatic heterocycles. The second-order valence-electron chi connectivity index (χ2n) is 5.14. The van der Waals surface area contributed by atoms with Gasteiger partial charge in [0.15, 0.2) is 0 Å². The molecule has 0 aromatic heterocycles. The van der Waals surface area contributed by atoms with Gasteiger partial charge < -0.3 is 5.32 Å². The van der Waals surface area contributed by atoms with Gasteiger partial charge in [0, 0.05) is 12.6 Å². The van der Waals surface area contributed by atoms with Crippen LogP contribution in [-0.4, -0.2) is 6.04 Å². The van der Waals surface area contributed by atoms with E-state index >= 15 is 0 Å². The highest BCUT2D eigenvalue weighted by molar-refractivity contribution is 5.33. The molecule has 0 spiro atoms. The molecule has 0 amide bonds. The zero-order chi connectivity index (χ0) is 11.5. The highest BCUT2D eigenvalue weighted by Crippen LogP contribution is 2.34. The molecule has 2 rings (SSSR count). The van der Waals surface area contributed by atoms with Crippen LogP contribution < -0.4 is 5.32 Å². The van der Waals surface area contributed by atoms with E-state index in [4.69, 9.17) is 0 Å². The van der Waals surface area contributed by atoms with E-state index in [9.17, 15) is 0 Å². The van der Waals surface area contributed by atoms with Crippen molar-refractivity contribution in [1.82, 2.24) is 5.32 Å². The van der Waals surface area contributed by atoms with E-state index in [1.807, 2.05) is 0 Å². The Morgan fingerprint density at radius 3 is 2.56 bits per heavy atom. The summed E-state index contributed by atoms with van der Waals surface area (Å²) in [6.45, 7) is 7.74. The Morgan fingerprint density at radius 2 is 1.94 bits per heavy atom. The summed E-state index contributed by atoms with van der Waals surface area (Å²) in [6.07, 6.45) is 4.11. The molecule has 2 unspecified atom stereocenters. The summed E-state index contributed by atoms with van der Waals surface area (Å²) in [5, 5.41) is 3.69. The number of aryl methyl sites for hydroxylation is 2. The molecule has 1 heteroatoms. The summed E-state index contributed by atoms with van der Waals surface area (Å²) in [5.74, 6) is 0.953. The lowest BCUT2D eigenvalue weighted by Crippen LogP contribution is -2.18. The lowest BCUT2D eigenvalue weighted by atomic mass is 10.0. The van der Waals surface area contributed by atoms with E-state index in [1.54, 1.807) is 0 Å². The Kier molecular flexibility index (Phi) is 3.65. The number of nitrogens with one attached hydrogen (secondary N) is 1. The van der Waals surface area contributed by atoms with Crippen molar-refractivity contribution in [3.63, 3.8) is 0 Å². The van der Waals surface area contributed by atoms with Gasteiger partial charge >= 0.3 is 0 Å². The third kappa shape index (κ3) is 2.65. The van der Waals surface area contributed by atoms with Gasteiger partial charge in [-0.25, -0.2) is 0 Å². The second-order valence-corrected chi connectivity index (χ2v) is 5.14. The van der Waals surface area contributed by atoms with Crippen LogP contribution in [0.15, 0.2) is 18.2 Å². The molecule has 2 atom stereocenters. The summed E-state index contributed by atoms with van der Waals surface area (Å²) < 4.78 is 0. The van der Waals surface area contributed by atoms with Gasteiger partial charge in [-0.1, -0.05) is 31.5 Å². The SMILES string of the molecule is CCCC1CC1NCc1c(C)cccc1C. The monoisotopic (exact) mass is 217 g/mol. The summed E-state index contributed by atoms with van der Waals surface area (Å²) in [7, 11) is 0. The van der Waals surface area contributed by atoms with Gasteiger partial charge in [0.25, 0.3) is 0 Å². The van der Waals surface area contributed by atoms with Crippen molar-refractivity contribution in [2.75, 3.05) is 0 Å². The van der Waals surface area contributed by atoms with Gasteiger partial charge in [-0.2, -0.15) is 0 Å². The van der Waals surface area contributed by atoms with Crippen LogP contribution in [-0.2, 0) is 6.54 Å². The minimum atomic E-state index is 0.791. The van der Waals surface area contributed by atoms with Gasteiger partial charge in [-0.15, -0.1) is 0 Å². The van der Waals surface area contributed by atoms with Crippen LogP contribution in [0.1, 0.15) is 42.9 Å². The molecule has 16 heavy (non-hydrogen) atoms. The van der Waals surface area contributed by atoms with E-state index < -0.39 is 0 Å². The van der Waals surface area contributed by atoms with Gasteiger partial charge in [0.1, 0.15) is 0 Å². The van der Waals surface area contributed by atoms with Crippen LogP contribution in [0.2, 0.25) is 0 Å². The van der Waals surface area contributed by atoms with Gasteiger partial charge in [0.2, 0.25) is 0 Å². The Morgan fingerprint density at radius 1 is 1.25 bits per heavy atom. The van der Waals surface area contributed by atoms with Crippen LogP contribution in [0.5, 0.6) is 0 Å². The van der Waals surface area contributed by atoms with Crippen LogP contribution in [0.3, 0.4) is 0 Å². The van der Waals surface area contributed by atoms with E-state index in [0.717, 1.165) is 18.5 Å². The van der Waals surface area contributed by atoms with Gasteiger partial charge in [-0.05, 0) is 49.3 Å². The number of hydrogen-bond donors (Lipinski definition) is 1. The Balaban J connectivity index is 1.86. The first-order chi connectivity index (χ1) is 7.72. The highest BCUT2D eigenvalue weighted by Gasteiger charge is 2.35. The van der Waals surface area contributed by atoms with Crippen molar-refractivity contribution in [2.45, 2.75) is 52.6 Å². The molecule has 0 heterocycles. The average molecular weight is 217 g/mol. The fourth-order valence-electron chi connectivity index (χ4n) is 2.55. The largest absolute Gasteiger partial charge is 0.310 e. The Bertz CT molecular complexity index is 336. The fourth-order valence-corrected chi connectivity index (χ4v) is 2.55. The number of benzene rings is 1. The van der Waals surface area contributed by atoms with Crippen LogP contribution in [0.25, 0.3) is 0 Å². The molecule has 1 nitrogen and oxygen atoms in total. The molecule has 1 aromatic carbocycles. The maximum Gasteiger partial charge on any atom is 0.0213 e. The van der Waals surface area contributed by atoms with Crippen LogP contribution in [0, 0.1) is 19.8 Å². The van der Waals surface area contributed by atoms with E-state index in [-0.39, 0.29) is 0 Å². The van der Waals surface area contributed by atoms with Gasteiger partial charge in [0.05, 0.1) is 0 Å². The third-order valence-corrected chi connectivity index (χ3v) is 3.77. The van der Waals surface area contributed by atoms with E-state index in [2.05, 4.69) is 44.3 Å². The molecule has 0 radical (unpaired) electrons. The zero-order valence-electron chi connectivity index (χ0n) is 10.7. The Hall–Kier alpha value is -0.820. The predicted octanol–water partition coefficient (Wildman–Crippen LogP) is 3.58. The molecule has 1 aliphatic rings. The first kappa shape index (κ1) is 11.7. The zero-order valence-corrected chi connectivity index (χ0v) is 10.7. The third-order valence-electron chi connectivity index (χ3n) is 3.77. The van der Waals surface area contributed by atoms with Crippen molar-refractivity contribution < 1.29 is 0 Å². The standard InChI is InChI=1S/C15H23N/c1-4-6-13-9-15(13)16-10-14-11(2)7-5-8-12(14)3/h5,7-8,13,15-16H,4,6,9-10H2,1-3H3. The smallest absolute Gasteiger partial charge is 0.0213 e. The molecule has 0 saturated heterocycles. The van der Waals surface area contributed by atoms with Gasteiger partial charge in [-0.3, -0.25) is 0 Å². The number of rotatable bonds is 5. The molecule has 0 bridgehead atoms. The maximum atomic E-state index is 3.69. The first-order valence-electron chi connectivity index (χ1n) is 6.50. The van der Waals surface area contributed by atoms with Crippen LogP contribution in [0.4, 0.5) is 0 Å². The lowest BCUT2D eigenvalue weighted by Gasteiger charge is -2.10.